The predicted molar refractivity (Wildman–Crippen MR) is 334 cm³/mol. The number of unbranched alkanes of at least 4 members (excludes halogenated alkanes) is 4. The first-order valence-corrected chi connectivity index (χ1v) is 32.1. The Morgan fingerprint density at radius 1 is 0.791 bits per heavy atom. The number of aliphatic hydroxyl groups excluding tert-OH is 1. The Labute approximate surface area is 535 Å². The molecule has 488 valence electrons. The Hall–Kier alpha value is -7.41. The van der Waals surface area contributed by atoms with Crippen molar-refractivity contribution in [3.05, 3.63) is 128 Å². The Morgan fingerprint density at radius 3 is 2.10 bits per heavy atom. The fourth-order valence-corrected chi connectivity index (χ4v) is 12.3. The largest absolute Gasteiger partial charge is 0.493 e. The van der Waals surface area contributed by atoms with E-state index in [4.69, 9.17) is 43.2 Å². The molecule has 25 heteroatoms. The van der Waals surface area contributed by atoms with E-state index in [1.54, 1.807) is 28.6 Å². The maximum Gasteiger partial charge on any atom is 0.420 e. The lowest BCUT2D eigenvalue weighted by Gasteiger charge is -2.35. The number of aliphatic hydroxyl groups is 1. The lowest BCUT2D eigenvalue weighted by Crippen LogP contribution is -2.55. The van der Waals surface area contributed by atoms with Crippen LogP contribution in [0.3, 0.4) is 0 Å². The lowest BCUT2D eigenvalue weighted by molar-refractivity contribution is -0.143. The highest BCUT2D eigenvalue weighted by Crippen LogP contribution is 2.42. The van der Waals surface area contributed by atoms with E-state index in [1.165, 1.54) is 53.7 Å². The molecule has 3 atom stereocenters. The van der Waals surface area contributed by atoms with Gasteiger partial charge in [0.1, 0.15) is 30.2 Å². The number of aryl methyl sites for hydroxylation is 1. The molecule has 0 aliphatic carbocycles. The van der Waals surface area contributed by atoms with Gasteiger partial charge in [-0.1, -0.05) is 50.2 Å². The molecular formula is C66H77F3N6O14S2. The number of thiazole rings is 1. The van der Waals surface area contributed by atoms with E-state index in [9.17, 15) is 42.3 Å². The van der Waals surface area contributed by atoms with Gasteiger partial charge in [-0.3, -0.25) is 28.9 Å². The molecule has 4 aromatic carbocycles. The standard InChI is InChI=1S/C66H77F3N6O14S2/c1-43(2)59(75-40-49-13-7-8-14-51(49)62(75)78)64(80)74-41-50(76)37-53(74)61(77)71-39-48-18-17-47(60-44(3)72-42-90-60)36-56(48)88-32-31-87-30-28-85-25-12-6-10-23-83-22-9-5-11-24-84-27-29-86-26-21-73-63(79)58(91-65(73)81)35-45-15-20-55(57(34-45)82-4)89-54-19-16-46(38-70)33-52(54)66(67,68)69/h7-8,13-20,33-36,42-43,50,53,59,76H,5-6,9-12,21-32,37,39-41H2,1-4H3,(H,71,77)/b58-35-/t50-,53+,59+/m1/s1. The first-order chi connectivity index (χ1) is 43.9. The molecule has 4 heterocycles. The highest BCUT2D eigenvalue weighted by molar-refractivity contribution is 8.18. The van der Waals surface area contributed by atoms with Crippen LogP contribution in [0.15, 0.2) is 89.3 Å². The Balaban J connectivity index is 0.630. The second-order valence-electron chi connectivity index (χ2n) is 22.2. The van der Waals surface area contributed by atoms with Gasteiger partial charge in [-0.2, -0.15) is 18.4 Å². The molecule has 5 aromatic rings. The van der Waals surface area contributed by atoms with E-state index in [1.807, 2.05) is 51.1 Å². The highest BCUT2D eigenvalue weighted by Gasteiger charge is 2.46. The number of β-amino-alcohol motifs (C(OH)–C–C–N with tert-alkyl or cyclic N) is 1. The van der Waals surface area contributed by atoms with E-state index >= 15 is 0 Å². The number of thioether (sulfide) groups is 1. The summed E-state index contributed by atoms with van der Waals surface area (Å²) in [5.41, 5.74) is 4.89. The van der Waals surface area contributed by atoms with E-state index in [0.717, 1.165) is 88.5 Å². The summed E-state index contributed by atoms with van der Waals surface area (Å²) in [5, 5.41) is 22.4. The number of aromatic nitrogens is 1. The number of hydrogen-bond acceptors (Lipinski definition) is 18. The minimum atomic E-state index is -4.78. The zero-order valence-corrected chi connectivity index (χ0v) is 53.1. The summed E-state index contributed by atoms with van der Waals surface area (Å²) in [5.74, 6) is -1.64. The van der Waals surface area contributed by atoms with Crippen LogP contribution in [0.1, 0.15) is 103 Å². The maximum absolute atomic E-state index is 14.3. The number of imide groups is 1. The summed E-state index contributed by atoms with van der Waals surface area (Å²) in [6, 6.07) is 20.4. The molecule has 2 saturated heterocycles. The minimum Gasteiger partial charge on any atom is -0.493 e. The van der Waals surface area contributed by atoms with Crippen molar-refractivity contribution < 1.29 is 80.1 Å². The molecule has 3 aliphatic heterocycles. The number of nitrogens with one attached hydrogen (secondary N) is 1. The Morgan fingerprint density at radius 2 is 1.45 bits per heavy atom. The summed E-state index contributed by atoms with van der Waals surface area (Å²) in [6.45, 7) is 10.8. The fraction of sp³-hybridized carbons (Fsp3) is 0.470. The van der Waals surface area contributed by atoms with Crippen molar-refractivity contribution in [1.29, 1.82) is 5.26 Å². The SMILES string of the molecule is COc1cc(/C=C2\SC(=O)N(CCOCCOCCCCCOCCCCCOCCOCCOc3cc(-c4scnc4C)ccc3CNC(=O)[C@@H]3C[C@@H](O)CN3C(=O)[C@H](C(C)C)N3Cc4ccccc4C3=O)C2=O)ccc1Oc1ccc(C#N)cc1C(F)(F)F. The van der Waals surface area contributed by atoms with Gasteiger partial charge in [0.05, 0.1) is 97.6 Å². The van der Waals surface area contributed by atoms with Crippen LogP contribution < -0.4 is 19.5 Å². The highest BCUT2D eigenvalue weighted by atomic mass is 32.2. The summed E-state index contributed by atoms with van der Waals surface area (Å²) in [7, 11) is 1.31. The Kier molecular flexibility index (Phi) is 26.2. The van der Waals surface area contributed by atoms with Crippen LogP contribution in [0.4, 0.5) is 18.0 Å². The molecule has 3 aliphatic rings. The molecule has 91 heavy (non-hydrogen) atoms. The summed E-state index contributed by atoms with van der Waals surface area (Å²) in [4.78, 5) is 77.1. The van der Waals surface area contributed by atoms with Crippen molar-refractivity contribution in [3.63, 3.8) is 0 Å². The number of rotatable bonds is 36. The average molecular weight is 1300 g/mol. The van der Waals surface area contributed by atoms with Gasteiger partial charge in [-0.05, 0) is 128 Å². The molecule has 0 radical (unpaired) electrons. The number of methoxy groups -OCH3 is 1. The zero-order valence-electron chi connectivity index (χ0n) is 51.5. The first kappa shape index (κ1) is 69.5. The number of nitrogens with zero attached hydrogens (tertiary/aromatic N) is 5. The molecule has 8 rings (SSSR count). The molecule has 0 saturated carbocycles. The van der Waals surface area contributed by atoms with Crippen LogP contribution in [0, 0.1) is 24.2 Å². The second kappa shape index (κ2) is 34.3. The lowest BCUT2D eigenvalue weighted by atomic mass is 10.0. The van der Waals surface area contributed by atoms with Crippen molar-refractivity contribution in [3.8, 4) is 39.5 Å². The Bertz CT molecular complexity index is 3380. The zero-order chi connectivity index (χ0) is 64.9. The number of likely N-dealkylation sites (tertiary alicyclic amines) is 1. The van der Waals surface area contributed by atoms with Crippen molar-refractivity contribution in [1.82, 2.24) is 25.0 Å². The van der Waals surface area contributed by atoms with Gasteiger partial charge >= 0.3 is 6.18 Å². The van der Waals surface area contributed by atoms with Crippen molar-refractivity contribution in [2.24, 2.45) is 5.92 Å². The van der Waals surface area contributed by atoms with E-state index in [2.05, 4.69) is 10.3 Å². The number of nitriles is 1. The summed E-state index contributed by atoms with van der Waals surface area (Å²) < 4.78 is 87.0. The smallest absolute Gasteiger partial charge is 0.420 e. The van der Waals surface area contributed by atoms with E-state index < -0.39 is 52.7 Å². The topological polar surface area (TPSA) is 238 Å². The molecule has 20 nitrogen and oxygen atoms in total. The predicted octanol–water partition coefficient (Wildman–Crippen LogP) is 10.6. The molecule has 1 aromatic heterocycles. The number of carbonyl (C=O) groups excluding carboxylic acids is 5. The van der Waals surface area contributed by atoms with Gasteiger partial charge in [0.15, 0.2) is 11.5 Å². The molecule has 2 fully saturated rings. The van der Waals surface area contributed by atoms with Gasteiger partial charge in [0.25, 0.3) is 17.1 Å². The fourth-order valence-electron chi connectivity index (χ4n) is 10.6. The number of ether oxygens (including phenoxy) is 8. The molecular weight excluding hydrogens is 1220 g/mol. The number of amides is 5. The number of fused-ring (bicyclic) bond motifs is 1. The molecule has 5 amide bonds. The van der Waals surface area contributed by atoms with E-state index in [0.29, 0.717) is 82.3 Å². The summed E-state index contributed by atoms with van der Waals surface area (Å²) in [6.07, 6.45) is 1.41. The third-order valence-electron chi connectivity index (χ3n) is 15.3. The average Bonchev–Trinajstić information content (AvgIpc) is 1.69. The summed E-state index contributed by atoms with van der Waals surface area (Å²) >= 11 is 2.28. The number of carbonyl (C=O) groups is 5. The first-order valence-electron chi connectivity index (χ1n) is 30.4. The molecule has 2 N–H and O–H groups in total. The number of alkyl halides is 3. The minimum absolute atomic E-state index is 0.0120. The normalized spacial score (nSPS) is 16.5. The van der Waals surface area contributed by atoms with Crippen molar-refractivity contribution in [2.45, 2.75) is 103 Å². The monoisotopic (exact) mass is 1300 g/mol. The van der Waals surface area contributed by atoms with Gasteiger partial charge in [0.2, 0.25) is 11.8 Å². The van der Waals surface area contributed by atoms with Gasteiger partial charge < -0.3 is 58.1 Å². The van der Waals surface area contributed by atoms with Crippen LogP contribution in [0.25, 0.3) is 16.5 Å². The van der Waals surface area contributed by atoms with Crippen LogP contribution in [-0.2, 0) is 57.3 Å². The van der Waals surface area contributed by atoms with Crippen LogP contribution in [0.5, 0.6) is 23.0 Å². The number of halogens is 3. The quantitative estimate of drug-likeness (QED) is 0.0280. The molecule has 0 bridgehead atoms. The van der Waals surface area contributed by atoms with E-state index in [-0.39, 0.29) is 85.6 Å². The van der Waals surface area contributed by atoms with Gasteiger partial charge in [0, 0.05) is 63.6 Å². The molecule has 0 unspecified atom stereocenters. The maximum atomic E-state index is 14.3. The third-order valence-corrected chi connectivity index (χ3v) is 17.2. The third kappa shape index (κ3) is 19.3. The van der Waals surface area contributed by atoms with Gasteiger partial charge in [-0.25, -0.2) is 4.98 Å². The second-order valence-corrected chi connectivity index (χ2v) is 24.0. The van der Waals surface area contributed by atoms with Crippen molar-refractivity contribution in [2.75, 3.05) is 92.9 Å². The molecule has 0 spiro atoms. The number of benzene rings is 4. The number of hydrogen-bond donors (Lipinski definition) is 2. The van der Waals surface area contributed by atoms with Crippen LogP contribution in [-0.4, -0.2) is 165 Å². The van der Waals surface area contributed by atoms with Crippen molar-refractivity contribution >= 4 is 58.0 Å². The van der Waals surface area contributed by atoms with Crippen LogP contribution in [0.2, 0.25) is 0 Å². The van der Waals surface area contributed by atoms with Gasteiger partial charge in [-0.15, -0.1) is 11.3 Å². The van der Waals surface area contributed by atoms with Crippen LogP contribution >= 0.6 is 23.1 Å².